The molecule has 0 N–H and O–H groups in total. The number of anilines is 3. The van der Waals surface area contributed by atoms with Crippen LogP contribution in [0.15, 0.2) is 30.5 Å². The van der Waals surface area contributed by atoms with E-state index in [1.54, 1.807) is 12.3 Å². The zero-order valence-corrected chi connectivity index (χ0v) is 13.3. The molecule has 0 aromatic carbocycles. The van der Waals surface area contributed by atoms with Crippen LogP contribution < -0.4 is 14.7 Å². The molecule has 3 heterocycles. The minimum Gasteiger partial charge on any atom is -0.363 e. The first kappa shape index (κ1) is 15.0. The molecule has 0 atom stereocenters. The molecule has 0 aliphatic carbocycles. The zero-order chi connectivity index (χ0) is 16.2. The molecule has 0 radical (unpaired) electrons. The van der Waals surface area contributed by atoms with Gasteiger partial charge in [0.15, 0.2) is 0 Å². The summed E-state index contributed by atoms with van der Waals surface area (Å²) in [5.41, 5.74) is 0.451. The van der Waals surface area contributed by atoms with E-state index in [1.165, 1.54) is 0 Å². The second kappa shape index (κ2) is 6.48. The zero-order valence-electron chi connectivity index (χ0n) is 13.3. The molecule has 118 valence electrons. The van der Waals surface area contributed by atoms with Crippen LogP contribution in [0.3, 0.4) is 0 Å². The number of rotatable bonds is 3. The fourth-order valence-electron chi connectivity index (χ4n) is 2.54. The molecule has 3 rings (SSSR count). The van der Waals surface area contributed by atoms with Crippen LogP contribution in [0.25, 0.3) is 0 Å². The first-order chi connectivity index (χ1) is 11.2. The van der Waals surface area contributed by atoms with E-state index in [0.29, 0.717) is 5.69 Å². The van der Waals surface area contributed by atoms with Crippen molar-refractivity contribution in [3.05, 3.63) is 36.2 Å². The fourth-order valence-corrected chi connectivity index (χ4v) is 2.54. The number of nitriles is 1. The van der Waals surface area contributed by atoms with Crippen molar-refractivity contribution in [2.24, 2.45) is 0 Å². The summed E-state index contributed by atoms with van der Waals surface area (Å²) < 4.78 is 0. The van der Waals surface area contributed by atoms with Crippen LogP contribution in [0.1, 0.15) is 5.69 Å². The van der Waals surface area contributed by atoms with Gasteiger partial charge in [0.05, 0.1) is 0 Å². The molecule has 1 fully saturated rings. The molecule has 0 unspecified atom stereocenters. The van der Waals surface area contributed by atoms with Gasteiger partial charge in [0.2, 0.25) is 5.95 Å². The van der Waals surface area contributed by atoms with Gasteiger partial charge in [0, 0.05) is 46.5 Å². The van der Waals surface area contributed by atoms with E-state index in [4.69, 9.17) is 5.26 Å². The lowest BCUT2D eigenvalue weighted by Gasteiger charge is -2.35. The van der Waals surface area contributed by atoms with Crippen molar-refractivity contribution in [2.45, 2.75) is 0 Å². The van der Waals surface area contributed by atoms with E-state index in [9.17, 15) is 0 Å². The lowest BCUT2D eigenvalue weighted by molar-refractivity contribution is 0.634. The van der Waals surface area contributed by atoms with E-state index < -0.39 is 0 Å². The predicted octanol–water partition coefficient (Wildman–Crippen LogP) is 1.14. The molecule has 1 aliphatic rings. The smallest absolute Gasteiger partial charge is 0.227 e. The number of nitrogens with zero attached hydrogens (tertiary/aromatic N) is 7. The molecule has 0 saturated carbocycles. The molecule has 1 aliphatic heterocycles. The minimum atomic E-state index is 0.451. The number of piperazine rings is 1. The Hall–Kier alpha value is -2.88. The highest BCUT2D eigenvalue weighted by atomic mass is 15.3. The van der Waals surface area contributed by atoms with E-state index in [0.717, 1.165) is 43.8 Å². The second-order valence-electron chi connectivity index (χ2n) is 5.58. The molecule has 0 bridgehead atoms. The quantitative estimate of drug-likeness (QED) is 0.841. The Labute approximate surface area is 135 Å². The van der Waals surface area contributed by atoms with Gasteiger partial charge in [0.25, 0.3) is 0 Å². The Kier molecular flexibility index (Phi) is 4.24. The van der Waals surface area contributed by atoms with Crippen molar-refractivity contribution < 1.29 is 0 Å². The summed E-state index contributed by atoms with van der Waals surface area (Å²) in [6, 6.07) is 9.52. The van der Waals surface area contributed by atoms with Crippen molar-refractivity contribution in [3.8, 4) is 6.07 Å². The topological polar surface area (TPSA) is 72.2 Å². The molecule has 2 aromatic rings. The van der Waals surface area contributed by atoms with Crippen LogP contribution in [-0.4, -0.2) is 55.2 Å². The summed E-state index contributed by atoms with van der Waals surface area (Å²) in [7, 11) is 3.94. The standard InChI is InChI=1S/C16H19N7/c1-21(2)14-6-7-18-16(20-14)23-10-8-22(9-11-23)15-5-3-4-13(12-17)19-15/h3-7H,8-11H2,1-2H3. The van der Waals surface area contributed by atoms with Gasteiger partial charge in [-0.2, -0.15) is 10.2 Å². The molecule has 7 nitrogen and oxygen atoms in total. The van der Waals surface area contributed by atoms with Gasteiger partial charge in [-0.05, 0) is 18.2 Å². The average molecular weight is 309 g/mol. The van der Waals surface area contributed by atoms with Crippen LogP contribution in [0, 0.1) is 11.3 Å². The number of hydrogen-bond donors (Lipinski definition) is 0. The summed E-state index contributed by atoms with van der Waals surface area (Å²) in [4.78, 5) is 19.7. The predicted molar refractivity (Wildman–Crippen MR) is 89.7 cm³/mol. The summed E-state index contributed by atoms with van der Waals surface area (Å²) in [5.74, 6) is 2.52. The number of pyridine rings is 1. The minimum absolute atomic E-state index is 0.451. The highest BCUT2D eigenvalue weighted by molar-refractivity contribution is 5.46. The molecule has 0 spiro atoms. The third kappa shape index (κ3) is 3.31. The molecular weight excluding hydrogens is 290 g/mol. The summed E-state index contributed by atoms with van der Waals surface area (Å²) in [5, 5.41) is 8.96. The summed E-state index contributed by atoms with van der Waals surface area (Å²) >= 11 is 0. The monoisotopic (exact) mass is 309 g/mol. The van der Waals surface area contributed by atoms with Crippen molar-refractivity contribution in [2.75, 3.05) is 55.0 Å². The summed E-state index contributed by atoms with van der Waals surface area (Å²) in [6.45, 7) is 3.32. The SMILES string of the molecule is CN(C)c1ccnc(N2CCN(c3cccc(C#N)n3)CC2)n1. The lowest BCUT2D eigenvalue weighted by atomic mass is 10.3. The van der Waals surface area contributed by atoms with E-state index in [2.05, 4.69) is 30.8 Å². The van der Waals surface area contributed by atoms with Crippen LogP contribution in [-0.2, 0) is 0 Å². The summed E-state index contributed by atoms with van der Waals surface area (Å²) in [6.07, 6.45) is 1.79. The molecule has 1 saturated heterocycles. The molecule has 0 amide bonds. The maximum atomic E-state index is 8.96. The van der Waals surface area contributed by atoms with Gasteiger partial charge in [-0.1, -0.05) is 6.07 Å². The fraction of sp³-hybridized carbons (Fsp3) is 0.375. The first-order valence-corrected chi connectivity index (χ1v) is 7.55. The number of hydrogen-bond acceptors (Lipinski definition) is 7. The Bertz CT molecular complexity index is 714. The maximum absolute atomic E-state index is 8.96. The Morgan fingerprint density at radius 3 is 2.48 bits per heavy atom. The Morgan fingerprint density at radius 2 is 1.78 bits per heavy atom. The van der Waals surface area contributed by atoms with Crippen LogP contribution in [0.5, 0.6) is 0 Å². The van der Waals surface area contributed by atoms with E-state index >= 15 is 0 Å². The van der Waals surface area contributed by atoms with Gasteiger partial charge in [0.1, 0.15) is 23.4 Å². The van der Waals surface area contributed by atoms with E-state index in [-0.39, 0.29) is 0 Å². The first-order valence-electron chi connectivity index (χ1n) is 7.55. The van der Waals surface area contributed by atoms with Crippen LogP contribution >= 0.6 is 0 Å². The number of aromatic nitrogens is 3. The largest absolute Gasteiger partial charge is 0.363 e. The molecule has 7 heteroatoms. The van der Waals surface area contributed by atoms with Crippen molar-refractivity contribution in [3.63, 3.8) is 0 Å². The van der Waals surface area contributed by atoms with Crippen molar-refractivity contribution in [1.82, 2.24) is 15.0 Å². The molecule has 23 heavy (non-hydrogen) atoms. The molecule has 2 aromatic heterocycles. The Balaban J connectivity index is 1.68. The van der Waals surface area contributed by atoms with Crippen LogP contribution in [0.2, 0.25) is 0 Å². The highest BCUT2D eigenvalue weighted by Gasteiger charge is 2.20. The van der Waals surface area contributed by atoms with Gasteiger partial charge in [-0.25, -0.2) is 9.97 Å². The van der Waals surface area contributed by atoms with Gasteiger partial charge in [-0.3, -0.25) is 0 Å². The van der Waals surface area contributed by atoms with Gasteiger partial charge >= 0.3 is 0 Å². The van der Waals surface area contributed by atoms with E-state index in [1.807, 2.05) is 37.2 Å². The van der Waals surface area contributed by atoms with Crippen molar-refractivity contribution >= 4 is 17.6 Å². The average Bonchev–Trinajstić information content (AvgIpc) is 2.62. The highest BCUT2D eigenvalue weighted by Crippen LogP contribution is 2.18. The van der Waals surface area contributed by atoms with Gasteiger partial charge in [-0.15, -0.1) is 0 Å². The lowest BCUT2D eigenvalue weighted by Crippen LogP contribution is -2.47. The second-order valence-corrected chi connectivity index (χ2v) is 5.58. The van der Waals surface area contributed by atoms with Crippen LogP contribution in [0.4, 0.5) is 17.6 Å². The Morgan fingerprint density at radius 1 is 1.04 bits per heavy atom. The maximum Gasteiger partial charge on any atom is 0.227 e. The third-order valence-electron chi connectivity index (χ3n) is 3.82. The molecular formula is C16H19N7. The normalized spacial score (nSPS) is 14.5. The van der Waals surface area contributed by atoms with Gasteiger partial charge < -0.3 is 14.7 Å². The van der Waals surface area contributed by atoms with Crippen molar-refractivity contribution in [1.29, 1.82) is 5.26 Å². The third-order valence-corrected chi connectivity index (χ3v) is 3.82.